The zero-order valence-electron chi connectivity index (χ0n) is 15.1. The number of hydrogen-bond acceptors (Lipinski definition) is 5. The summed E-state index contributed by atoms with van der Waals surface area (Å²) in [4.78, 5) is 13.0. The molecule has 0 saturated carbocycles. The lowest BCUT2D eigenvalue weighted by Crippen LogP contribution is -2.04. The Morgan fingerprint density at radius 1 is 1.15 bits per heavy atom. The largest absolute Gasteiger partial charge is 0.379 e. The van der Waals surface area contributed by atoms with Gasteiger partial charge in [-0.3, -0.25) is 9.55 Å². The van der Waals surface area contributed by atoms with Crippen molar-refractivity contribution in [1.82, 2.24) is 19.5 Å². The van der Waals surface area contributed by atoms with Crippen molar-refractivity contribution < 1.29 is 0 Å². The van der Waals surface area contributed by atoms with Crippen molar-refractivity contribution in [3.63, 3.8) is 0 Å². The number of aryl methyl sites for hydroxylation is 2. The van der Waals surface area contributed by atoms with Gasteiger partial charge in [0.05, 0.1) is 16.8 Å². The molecule has 0 bridgehead atoms. The van der Waals surface area contributed by atoms with Gasteiger partial charge in [-0.2, -0.15) is 5.26 Å². The van der Waals surface area contributed by atoms with Crippen LogP contribution in [-0.2, 0) is 6.54 Å². The quantitative estimate of drug-likeness (QED) is 0.601. The first-order valence-electron chi connectivity index (χ1n) is 8.63. The fourth-order valence-corrected chi connectivity index (χ4v) is 3.19. The number of hydrogen-bond donors (Lipinski definition) is 1. The summed E-state index contributed by atoms with van der Waals surface area (Å²) in [7, 11) is 0. The van der Waals surface area contributed by atoms with Crippen molar-refractivity contribution in [1.29, 1.82) is 5.26 Å². The number of pyridine rings is 2. The van der Waals surface area contributed by atoms with Crippen molar-refractivity contribution >= 4 is 16.6 Å². The Morgan fingerprint density at radius 2 is 2.04 bits per heavy atom. The van der Waals surface area contributed by atoms with Crippen LogP contribution in [-0.4, -0.2) is 19.5 Å². The molecular weight excluding hydrogens is 336 g/mol. The van der Waals surface area contributed by atoms with Crippen molar-refractivity contribution in [3.8, 4) is 11.9 Å². The van der Waals surface area contributed by atoms with Gasteiger partial charge in [0.1, 0.15) is 18.2 Å². The number of aromatic nitrogens is 4. The second-order valence-electron chi connectivity index (χ2n) is 6.48. The number of nitrogens with zero attached hydrogens (tertiary/aromatic N) is 5. The van der Waals surface area contributed by atoms with E-state index < -0.39 is 0 Å². The average molecular weight is 354 g/mol. The molecule has 3 heterocycles. The van der Waals surface area contributed by atoms with Crippen LogP contribution in [0, 0.1) is 25.2 Å². The third-order valence-electron chi connectivity index (χ3n) is 4.47. The van der Waals surface area contributed by atoms with E-state index >= 15 is 0 Å². The Labute approximate surface area is 157 Å². The topological polar surface area (TPSA) is 79.4 Å². The van der Waals surface area contributed by atoms with E-state index in [0.29, 0.717) is 12.1 Å². The number of imidazole rings is 1. The molecule has 132 valence electrons. The van der Waals surface area contributed by atoms with Crippen molar-refractivity contribution in [2.75, 3.05) is 5.32 Å². The van der Waals surface area contributed by atoms with Gasteiger partial charge < -0.3 is 5.32 Å². The number of nitrogens with one attached hydrogen (secondary N) is 1. The summed E-state index contributed by atoms with van der Waals surface area (Å²) in [6.07, 6.45) is 8.75. The van der Waals surface area contributed by atoms with Gasteiger partial charge in [-0.05, 0) is 37.1 Å². The Balaban J connectivity index is 1.64. The first-order chi connectivity index (χ1) is 13.2. The van der Waals surface area contributed by atoms with Gasteiger partial charge in [0.2, 0.25) is 0 Å². The molecule has 0 fully saturated rings. The molecule has 6 heteroatoms. The highest BCUT2D eigenvalue weighted by atomic mass is 15.1. The molecule has 4 aromatic rings. The van der Waals surface area contributed by atoms with Crippen molar-refractivity contribution in [2.24, 2.45) is 0 Å². The Kier molecular flexibility index (Phi) is 4.27. The van der Waals surface area contributed by atoms with Gasteiger partial charge in [0, 0.05) is 36.7 Å². The number of fused-ring (bicyclic) bond motifs is 1. The summed E-state index contributed by atoms with van der Waals surface area (Å²) in [5.41, 5.74) is 5.53. The van der Waals surface area contributed by atoms with Crippen LogP contribution in [0.25, 0.3) is 16.7 Å². The van der Waals surface area contributed by atoms with E-state index in [4.69, 9.17) is 0 Å². The third-order valence-corrected chi connectivity index (χ3v) is 4.47. The maximum absolute atomic E-state index is 9.50. The van der Waals surface area contributed by atoms with E-state index in [1.807, 2.05) is 42.9 Å². The maximum atomic E-state index is 9.50. The van der Waals surface area contributed by atoms with Crippen LogP contribution in [0.5, 0.6) is 0 Å². The zero-order valence-corrected chi connectivity index (χ0v) is 15.1. The van der Waals surface area contributed by atoms with Crippen LogP contribution in [0.3, 0.4) is 0 Å². The maximum Gasteiger partial charge on any atom is 0.137 e. The van der Waals surface area contributed by atoms with E-state index in [2.05, 4.69) is 38.5 Å². The lowest BCUT2D eigenvalue weighted by molar-refractivity contribution is 0.978. The van der Waals surface area contributed by atoms with Crippen molar-refractivity contribution in [2.45, 2.75) is 20.4 Å². The van der Waals surface area contributed by atoms with E-state index in [1.54, 1.807) is 18.7 Å². The lowest BCUT2D eigenvalue weighted by Gasteiger charge is -2.13. The molecule has 6 nitrogen and oxygen atoms in total. The van der Waals surface area contributed by atoms with Crippen LogP contribution in [0.2, 0.25) is 0 Å². The highest BCUT2D eigenvalue weighted by Gasteiger charge is 2.11. The number of rotatable bonds is 4. The second kappa shape index (κ2) is 6.89. The fourth-order valence-electron chi connectivity index (χ4n) is 3.19. The lowest BCUT2D eigenvalue weighted by atomic mass is 10.0. The van der Waals surface area contributed by atoms with Crippen LogP contribution in [0.15, 0.2) is 55.4 Å². The van der Waals surface area contributed by atoms with Crippen LogP contribution in [0.4, 0.5) is 5.69 Å². The molecule has 0 aliphatic heterocycles. The van der Waals surface area contributed by atoms with E-state index in [-0.39, 0.29) is 0 Å². The highest BCUT2D eigenvalue weighted by Crippen LogP contribution is 2.29. The minimum absolute atomic E-state index is 0.537. The molecule has 0 amide bonds. The first-order valence-corrected chi connectivity index (χ1v) is 8.63. The minimum atomic E-state index is 0.537. The summed E-state index contributed by atoms with van der Waals surface area (Å²) in [5, 5.41) is 13.9. The zero-order chi connectivity index (χ0) is 18.8. The van der Waals surface area contributed by atoms with Crippen LogP contribution >= 0.6 is 0 Å². The fraction of sp³-hybridized carbons (Fsp3) is 0.143. The first kappa shape index (κ1) is 16.7. The summed E-state index contributed by atoms with van der Waals surface area (Å²) in [5.74, 6) is 0.814. The Hall–Kier alpha value is -3.72. The summed E-state index contributed by atoms with van der Waals surface area (Å²) >= 11 is 0. The standard InChI is InChI=1S/C21H18N6/c1-14-7-15(2)20-18(8-14)21(17(9-22)12-26-20)25-11-16-3-4-19(24-10-16)27-6-5-23-13-27/h3-8,10,12-13H,11H2,1-2H3,(H,25,26). The summed E-state index contributed by atoms with van der Waals surface area (Å²) in [6, 6.07) is 10.4. The molecule has 0 atom stereocenters. The van der Waals surface area contributed by atoms with Gasteiger partial charge in [-0.1, -0.05) is 17.7 Å². The molecule has 3 aromatic heterocycles. The highest BCUT2D eigenvalue weighted by molar-refractivity contribution is 5.96. The average Bonchev–Trinajstić information content (AvgIpc) is 3.21. The molecule has 1 aromatic carbocycles. The molecule has 0 unspecified atom stereocenters. The molecule has 0 radical (unpaired) electrons. The van der Waals surface area contributed by atoms with Crippen LogP contribution in [0.1, 0.15) is 22.3 Å². The smallest absolute Gasteiger partial charge is 0.137 e. The SMILES string of the molecule is Cc1cc(C)c2ncc(C#N)c(NCc3ccc(-n4ccnc4)nc3)c2c1. The Morgan fingerprint density at radius 3 is 2.74 bits per heavy atom. The molecule has 4 rings (SSSR count). The van der Waals surface area contributed by atoms with Gasteiger partial charge in [0.15, 0.2) is 0 Å². The second-order valence-corrected chi connectivity index (χ2v) is 6.48. The molecular formula is C21H18N6. The molecule has 0 spiro atoms. The monoisotopic (exact) mass is 354 g/mol. The van der Waals surface area contributed by atoms with Gasteiger partial charge in [-0.25, -0.2) is 9.97 Å². The molecule has 0 aliphatic carbocycles. The van der Waals surface area contributed by atoms with E-state index in [9.17, 15) is 5.26 Å². The molecule has 1 N–H and O–H groups in total. The van der Waals surface area contributed by atoms with Crippen LogP contribution < -0.4 is 5.32 Å². The number of benzene rings is 1. The number of nitriles is 1. The minimum Gasteiger partial charge on any atom is -0.379 e. The third kappa shape index (κ3) is 3.23. The van der Waals surface area contributed by atoms with Gasteiger partial charge in [0.25, 0.3) is 0 Å². The predicted molar refractivity (Wildman–Crippen MR) is 105 cm³/mol. The van der Waals surface area contributed by atoms with Gasteiger partial charge in [-0.15, -0.1) is 0 Å². The Bertz CT molecular complexity index is 1140. The summed E-state index contributed by atoms with van der Waals surface area (Å²) < 4.78 is 1.85. The summed E-state index contributed by atoms with van der Waals surface area (Å²) in [6.45, 7) is 4.66. The molecule has 27 heavy (non-hydrogen) atoms. The normalized spacial score (nSPS) is 10.7. The van der Waals surface area contributed by atoms with Gasteiger partial charge >= 0.3 is 0 Å². The number of anilines is 1. The van der Waals surface area contributed by atoms with Crippen molar-refractivity contribution in [3.05, 3.63) is 77.6 Å². The van der Waals surface area contributed by atoms with E-state index in [1.165, 1.54) is 0 Å². The predicted octanol–water partition coefficient (Wildman–Crippen LogP) is 3.92. The molecule has 0 saturated heterocycles. The van der Waals surface area contributed by atoms with E-state index in [0.717, 1.165) is 39.1 Å². The molecule has 0 aliphatic rings.